The second kappa shape index (κ2) is 6.64. The van der Waals surface area contributed by atoms with Crippen LogP contribution in [0, 0.1) is 13.8 Å². The minimum absolute atomic E-state index is 0.774. The standard InChI is InChI=1S/C19H19N5S/c1-13-14(2)25-19-17(13)18(22-11-23-19)21-8-9-24-12-20-10-16(24)15-6-4-3-5-7-15/h3-7,10-12H,8-9H2,1-2H3,(H,21,22,23). The van der Waals surface area contributed by atoms with Crippen molar-refractivity contribution in [3.8, 4) is 11.3 Å². The molecule has 1 aromatic carbocycles. The summed E-state index contributed by atoms with van der Waals surface area (Å²) in [5.41, 5.74) is 3.56. The lowest BCUT2D eigenvalue weighted by molar-refractivity contribution is 0.732. The van der Waals surface area contributed by atoms with Crippen LogP contribution in [0.4, 0.5) is 5.82 Å². The molecule has 0 spiro atoms. The first-order valence-electron chi connectivity index (χ1n) is 8.24. The Morgan fingerprint density at radius 1 is 1.12 bits per heavy atom. The van der Waals surface area contributed by atoms with Gasteiger partial charge in [0, 0.05) is 18.0 Å². The maximum atomic E-state index is 4.44. The van der Waals surface area contributed by atoms with Gasteiger partial charge in [-0.05, 0) is 25.0 Å². The number of benzene rings is 1. The van der Waals surface area contributed by atoms with E-state index in [0.717, 1.165) is 34.8 Å². The summed E-state index contributed by atoms with van der Waals surface area (Å²) in [5, 5.41) is 4.60. The molecule has 0 saturated heterocycles. The van der Waals surface area contributed by atoms with Crippen LogP contribution < -0.4 is 5.32 Å². The minimum atomic E-state index is 0.774. The number of nitrogens with one attached hydrogen (secondary N) is 1. The van der Waals surface area contributed by atoms with Gasteiger partial charge in [-0.2, -0.15) is 0 Å². The predicted octanol–water partition coefficient (Wildman–Crippen LogP) is 4.28. The summed E-state index contributed by atoms with van der Waals surface area (Å²) in [6.07, 6.45) is 5.41. The lowest BCUT2D eigenvalue weighted by Gasteiger charge is -2.10. The quantitative estimate of drug-likeness (QED) is 0.584. The third kappa shape index (κ3) is 3.00. The normalized spacial score (nSPS) is 11.1. The fourth-order valence-corrected chi connectivity index (χ4v) is 3.96. The van der Waals surface area contributed by atoms with Gasteiger partial charge in [0.15, 0.2) is 0 Å². The van der Waals surface area contributed by atoms with Gasteiger partial charge in [0.05, 0.1) is 23.6 Å². The molecule has 0 bridgehead atoms. The molecule has 0 radical (unpaired) electrons. The Kier molecular flexibility index (Phi) is 4.19. The number of nitrogens with zero attached hydrogens (tertiary/aromatic N) is 4. The Balaban J connectivity index is 1.52. The maximum Gasteiger partial charge on any atom is 0.138 e. The molecule has 0 aliphatic rings. The molecule has 0 unspecified atom stereocenters. The summed E-state index contributed by atoms with van der Waals surface area (Å²) in [6, 6.07) is 10.3. The predicted molar refractivity (Wildman–Crippen MR) is 103 cm³/mol. The second-order valence-electron chi connectivity index (χ2n) is 5.95. The highest BCUT2D eigenvalue weighted by Gasteiger charge is 2.11. The fourth-order valence-electron chi connectivity index (χ4n) is 2.96. The van der Waals surface area contributed by atoms with Crippen LogP contribution in [0.1, 0.15) is 10.4 Å². The van der Waals surface area contributed by atoms with Crippen molar-refractivity contribution in [2.24, 2.45) is 0 Å². The zero-order chi connectivity index (χ0) is 17.2. The Labute approximate surface area is 150 Å². The zero-order valence-corrected chi connectivity index (χ0v) is 15.0. The molecule has 25 heavy (non-hydrogen) atoms. The van der Waals surface area contributed by atoms with Crippen LogP contribution in [0.5, 0.6) is 0 Å². The van der Waals surface area contributed by atoms with Crippen molar-refractivity contribution in [3.05, 3.63) is 59.6 Å². The number of rotatable bonds is 5. The third-order valence-corrected chi connectivity index (χ3v) is 5.51. The van der Waals surface area contributed by atoms with Crippen LogP contribution in [0.3, 0.4) is 0 Å². The van der Waals surface area contributed by atoms with Gasteiger partial charge in [-0.3, -0.25) is 0 Å². The van der Waals surface area contributed by atoms with Gasteiger partial charge < -0.3 is 9.88 Å². The molecule has 4 rings (SSSR count). The number of thiophene rings is 1. The molecule has 5 nitrogen and oxygen atoms in total. The molecule has 0 aliphatic heterocycles. The zero-order valence-electron chi connectivity index (χ0n) is 14.2. The highest BCUT2D eigenvalue weighted by molar-refractivity contribution is 7.18. The van der Waals surface area contributed by atoms with E-state index in [4.69, 9.17) is 0 Å². The molecule has 4 aromatic rings. The molecule has 0 fully saturated rings. The second-order valence-corrected chi connectivity index (χ2v) is 7.15. The maximum absolute atomic E-state index is 4.44. The summed E-state index contributed by atoms with van der Waals surface area (Å²) in [7, 11) is 0. The van der Waals surface area contributed by atoms with Crippen molar-refractivity contribution in [2.45, 2.75) is 20.4 Å². The van der Waals surface area contributed by atoms with Gasteiger partial charge >= 0.3 is 0 Å². The molecule has 0 aliphatic carbocycles. The number of aromatic nitrogens is 4. The summed E-state index contributed by atoms with van der Waals surface area (Å²) in [5.74, 6) is 0.910. The van der Waals surface area contributed by atoms with Gasteiger partial charge in [0.25, 0.3) is 0 Å². The number of fused-ring (bicyclic) bond motifs is 1. The molecule has 1 N–H and O–H groups in total. The number of anilines is 1. The number of imidazole rings is 1. The van der Waals surface area contributed by atoms with Crippen molar-refractivity contribution < 1.29 is 0 Å². The first-order chi connectivity index (χ1) is 12.2. The summed E-state index contributed by atoms with van der Waals surface area (Å²) >= 11 is 1.72. The first-order valence-corrected chi connectivity index (χ1v) is 9.06. The van der Waals surface area contributed by atoms with E-state index < -0.39 is 0 Å². The first kappa shape index (κ1) is 15.8. The van der Waals surface area contributed by atoms with Crippen molar-refractivity contribution in [1.82, 2.24) is 19.5 Å². The molecule has 0 amide bonds. The van der Waals surface area contributed by atoms with Crippen LogP contribution in [0.15, 0.2) is 49.2 Å². The molecule has 3 heterocycles. The molecular formula is C19H19N5S. The average molecular weight is 349 g/mol. The summed E-state index contributed by atoms with van der Waals surface area (Å²) in [6.45, 7) is 5.85. The van der Waals surface area contributed by atoms with Gasteiger partial charge in [-0.1, -0.05) is 30.3 Å². The van der Waals surface area contributed by atoms with E-state index in [1.165, 1.54) is 16.0 Å². The Hall–Kier alpha value is -2.73. The lowest BCUT2D eigenvalue weighted by atomic mass is 10.2. The number of hydrogen-bond donors (Lipinski definition) is 1. The van der Waals surface area contributed by atoms with Crippen molar-refractivity contribution in [1.29, 1.82) is 0 Å². The molecule has 0 saturated carbocycles. The average Bonchev–Trinajstić information content (AvgIpc) is 3.21. The van der Waals surface area contributed by atoms with Gasteiger partial charge in [-0.25, -0.2) is 15.0 Å². The topological polar surface area (TPSA) is 55.6 Å². The van der Waals surface area contributed by atoms with Crippen molar-refractivity contribution >= 4 is 27.4 Å². The minimum Gasteiger partial charge on any atom is -0.368 e. The molecule has 6 heteroatoms. The smallest absolute Gasteiger partial charge is 0.138 e. The highest BCUT2D eigenvalue weighted by atomic mass is 32.1. The number of hydrogen-bond acceptors (Lipinski definition) is 5. The monoisotopic (exact) mass is 349 g/mol. The summed E-state index contributed by atoms with van der Waals surface area (Å²) < 4.78 is 2.16. The van der Waals surface area contributed by atoms with E-state index >= 15 is 0 Å². The van der Waals surface area contributed by atoms with E-state index in [2.05, 4.69) is 50.8 Å². The fraction of sp³-hybridized carbons (Fsp3) is 0.211. The van der Waals surface area contributed by atoms with Crippen molar-refractivity contribution in [3.63, 3.8) is 0 Å². The summed E-state index contributed by atoms with van der Waals surface area (Å²) in [4.78, 5) is 15.5. The van der Waals surface area contributed by atoms with Crippen LogP contribution in [0.25, 0.3) is 21.5 Å². The van der Waals surface area contributed by atoms with Gasteiger partial charge in [-0.15, -0.1) is 11.3 Å². The van der Waals surface area contributed by atoms with E-state index in [1.807, 2.05) is 30.7 Å². The SMILES string of the molecule is Cc1sc2ncnc(NCCn3cncc3-c3ccccc3)c2c1C. The lowest BCUT2D eigenvalue weighted by Crippen LogP contribution is -2.12. The van der Waals surface area contributed by atoms with E-state index in [0.29, 0.717) is 0 Å². The van der Waals surface area contributed by atoms with Crippen LogP contribution in [0.2, 0.25) is 0 Å². The largest absolute Gasteiger partial charge is 0.368 e. The highest BCUT2D eigenvalue weighted by Crippen LogP contribution is 2.32. The molecule has 0 atom stereocenters. The van der Waals surface area contributed by atoms with Crippen LogP contribution in [-0.4, -0.2) is 26.1 Å². The number of aryl methyl sites for hydroxylation is 2. The Bertz CT molecular complexity index is 1000. The van der Waals surface area contributed by atoms with E-state index in [1.54, 1.807) is 17.7 Å². The van der Waals surface area contributed by atoms with Gasteiger partial charge in [0.2, 0.25) is 0 Å². The van der Waals surface area contributed by atoms with Crippen LogP contribution in [-0.2, 0) is 6.54 Å². The Morgan fingerprint density at radius 3 is 2.80 bits per heavy atom. The molecular weight excluding hydrogens is 330 g/mol. The van der Waals surface area contributed by atoms with E-state index in [9.17, 15) is 0 Å². The molecule has 126 valence electrons. The van der Waals surface area contributed by atoms with Gasteiger partial charge in [0.1, 0.15) is 17.0 Å². The molecule has 3 aromatic heterocycles. The third-order valence-electron chi connectivity index (χ3n) is 4.39. The van der Waals surface area contributed by atoms with Crippen molar-refractivity contribution in [2.75, 3.05) is 11.9 Å². The Morgan fingerprint density at radius 2 is 1.96 bits per heavy atom. The van der Waals surface area contributed by atoms with Crippen LogP contribution >= 0.6 is 11.3 Å². The van der Waals surface area contributed by atoms with E-state index in [-0.39, 0.29) is 0 Å².